The Kier molecular flexibility index (Phi) is 5.79. The number of Topliss-reactive ketones (excluding diaryl/α,β-unsaturated/α-hetero) is 2. The Morgan fingerprint density at radius 3 is 2.50 bits per heavy atom. The number of ketones is 2. The van der Waals surface area contributed by atoms with Gasteiger partial charge in [-0.3, -0.25) is 14.4 Å². The summed E-state index contributed by atoms with van der Waals surface area (Å²) in [5.74, 6) is -1.97. The lowest BCUT2D eigenvalue weighted by Gasteiger charge is -2.39. The van der Waals surface area contributed by atoms with E-state index in [1.807, 2.05) is 77.9 Å². The molecule has 7 rings (SSSR count). The molecule has 4 aromatic rings. The molecule has 40 heavy (non-hydrogen) atoms. The Balaban J connectivity index is 1.57. The molecule has 0 aliphatic carbocycles. The molecule has 1 amide bonds. The van der Waals surface area contributed by atoms with E-state index < -0.39 is 23.4 Å². The first-order chi connectivity index (χ1) is 19.3. The van der Waals surface area contributed by atoms with Crippen LogP contribution in [0.3, 0.4) is 0 Å². The number of fused-ring (bicyclic) bond motifs is 6. The van der Waals surface area contributed by atoms with Gasteiger partial charge in [-0.25, -0.2) is 0 Å². The number of nitrogens with one attached hydrogen (secondary N) is 1. The topological polar surface area (TPSA) is 66.5 Å². The largest absolute Gasteiger partial charge is 0.352 e. The van der Waals surface area contributed by atoms with Crippen LogP contribution in [0.25, 0.3) is 5.57 Å². The fourth-order valence-corrected chi connectivity index (χ4v) is 8.01. The van der Waals surface area contributed by atoms with Gasteiger partial charge in [0.15, 0.2) is 11.6 Å². The van der Waals surface area contributed by atoms with Gasteiger partial charge < -0.3 is 10.2 Å². The van der Waals surface area contributed by atoms with Crippen LogP contribution in [0.2, 0.25) is 10.0 Å². The Hall–Kier alpha value is -3.71. The van der Waals surface area contributed by atoms with Crippen LogP contribution < -0.4 is 10.2 Å². The van der Waals surface area contributed by atoms with Gasteiger partial charge in [-0.2, -0.15) is 0 Å². The molecule has 5 nitrogen and oxygen atoms in total. The van der Waals surface area contributed by atoms with Crippen molar-refractivity contribution in [1.29, 1.82) is 0 Å². The number of rotatable bonds is 4. The second-order valence-corrected chi connectivity index (χ2v) is 12.1. The highest BCUT2D eigenvalue weighted by Crippen LogP contribution is 2.59. The number of halogens is 2. The number of carbonyl (C=O) groups is 3. The molecule has 3 aliphatic rings. The lowest BCUT2D eigenvalue weighted by molar-refractivity contribution is -0.121. The predicted octanol–water partition coefficient (Wildman–Crippen LogP) is 7.30. The second kappa shape index (κ2) is 9.16. The first kappa shape index (κ1) is 25.3. The summed E-state index contributed by atoms with van der Waals surface area (Å²) >= 11 is 14.1. The normalized spacial score (nSPS) is 24.3. The zero-order valence-electron chi connectivity index (χ0n) is 21.2. The van der Waals surface area contributed by atoms with Gasteiger partial charge in [0.25, 0.3) is 0 Å². The summed E-state index contributed by atoms with van der Waals surface area (Å²) in [6, 6.07) is 22.0. The summed E-state index contributed by atoms with van der Waals surface area (Å²) < 4.78 is 0. The van der Waals surface area contributed by atoms with Crippen molar-refractivity contribution < 1.29 is 14.4 Å². The summed E-state index contributed by atoms with van der Waals surface area (Å²) in [5.41, 5.74) is 2.94. The highest BCUT2D eigenvalue weighted by molar-refractivity contribution is 7.12. The van der Waals surface area contributed by atoms with Crippen molar-refractivity contribution in [3.63, 3.8) is 0 Å². The molecule has 1 spiro atoms. The van der Waals surface area contributed by atoms with Crippen LogP contribution in [-0.2, 0) is 10.2 Å². The van der Waals surface area contributed by atoms with Crippen LogP contribution in [0.5, 0.6) is 0 Å². The minimum atomic E-state index is -1.39. The standard InChI is InChI=1S/C32H22Cl2N2O3S/c1-17-15-26-32(21-8-3-4-9-23(21)35-31(32)39)27(29(37)20-13-12-18(33)16-22(20)34)28(30(38)25-11-6-14-40-25)36(26)24-10-5-2-7-19(17)24/h2-16,26-28H,1H3,(H,35,39)/t26-,27-,28+,32-/m0/s1. The van der Waals surface area contributed by atoms with Gasteiger partial charge in [0, 0.05) is 27.5 Å². The van der Waals surface area contributed by atoms with E-state index >= 15 is 0 Å². The van der Waals surface area contributed by atoms with Crippen LogP contribution in [0.15, 0.2) is 90.3 Å². The van der Waals surface area contributed by atoms with Gasteiger partial charge in [-0.05, 0) is 59.8 Å². The molecule has 1 aromatic heterocycles. The number of allylic oxidation sites excluding steroid dienone is 1. The Labute approximate surface area is 245 Å². The predicted molar refractivity (Wildman–Crippen MR) is 160 cm³/mol. The Bertz CT molecular complexity index is 1770. The van der Waals surface area contributed by atoms with E-state index in [1.54, 1.807) is 18.2 Å². The zero-order chi connectivity index (χ0) is 27.8. The first-order valence-electron chi connectivity index (χ1n) is 12.9. The third kappa shape index (κ3) is 3.36. The quantitative estimate of drug-likeness (QED) is 0.255. The molecular weight excluding hydrogens is 563 g/mol. The summed E-state index contributed by atoms with van der Waals surface area (Å²) in [7, 11) is 0. The number of carbonyl (C=O) groups excluding carboxylic acids is 3. The molecule has 8 heteroatoms. The zero-order valence-corrected chi connectivity index (χ0v) is 23.6. The molecule has 3 aliphatic heterocycles. The number of anilines is 2. The van der Waals surface area contributed by atoms with Gasteiger partial charge in [0.1, 0.15) is 11.5 Å². The number of hydrogen-bond donors (Lipinski definition) is 1. The number of thiophene rings is 1. The maximum Gasteiger partial charge on any atom is 0.238 e. The van der Waals surface area contributed by atoms with Crippen LogP contribution in [0, 0.1) is 5.92 Å². The van der Waals surface area contributed by atoms with Crippen molar-refractivity contribution in [3.8, 4) is 0 Å². The summed E-state index contributed by atoms with van der Waals surface area (Å²) in [6.45, 7) is 2.00. The van der Waals surface area contributed by atoms with E-state index in [0.29, 0.717) is 21.2 Å². The molecule has 198 valence electrons. The monoisotopic (exact) mass is 584 g/mol. The van der Waals surface area contributed by atoms with E-state index in [0.717, 1.165) is 16.8 Å². The molecule has 0 radical (unpaired) electrons. The van der Waals surface area contributed by atoms with Crippen LogP contribution in [0.4, 0.5) is 11.4 Å². The van der Waals surface area contributed by atoms with Gasteiger partial charge in [-0.1, -0.05) is 71.7 Å². The number of nitrogens with zero attached hydrogens (tertiary/aromatic N) is 1. The maximum absolute atomic E-state index is 14.8. The molecule has 0 bridgehead atoms. The molecule has 0 saturated carbocycles. The van der Waals surface area contributed by atoms with Gasteiger partial charge >= 0.3 is 0 Å². The van der Waals surface area contributed by atoms with Crippen molar-refractivity contribution in [2.24, 2.45) is 5.92 Å². The molecule has 1 N–H and O–H groups in total. The SMILES string of the molecule is CC1=C[C@@H]2N(c3ccccc31)[C@@H](C(=O)c1cccs1)[C@@H](C(=O)c1ccc(Cl)cc1Cl)[C@@]21C(=O)Nc2ccccc21. The van der Waals surface area contributed by atoms with Crippen LogP contribution in [0.1, 0.15) is 38.1 Å². The smallest absolute Gasteiger partial charge is 0.238 e. The van der Waals surface area contributed by atoms with Crippen LogP contribution in [-0.4, -0.2) is 29.6 Å². The average Bonchev–Trinajstić information content (AvgIpc) is 3.65. The number of benzene rings is 3. The molecule has 0 unspecified atom stereocenters. The third-order valence-electron chi connectivity index (χ3n) is 8.40. The van der Waals surface area contributed by atoms with E-state index in [2.05, 4.69) is 5.32 Å². The van der Waals surface area contributed by atoms with E-state index in [4.69, 9.17) is 23.2 Å². The first-order valence-corrected chi connectivity index (χ1v) is 14.5. The summed E-state index contributed by atoms with van der Waals surface area (Å²) in [4.78, 5) is 46.2. The van der Waals surface area contributed by atoms with Crippen molar-refractivity contribution in [2.75, 3.05) is 10.2 Å². The highest BCUT2D eigenvalue weighted by Gasteiger charge is 2.70. The van der Waals surface area contributed by atoms with E-state index in [9.17, 15) is 14.4 Å². The van der Waals surface area contributed by atoms with Gasteiger partial charge in [0.2, 0.25) is 5.91 Å². The fraction of sp³-hybridized carbons (Fsp3) is 0.156. The number of amides is 1. The van der Waals surface area contributed by atoms with Crippen molar-refractivity contribution >= 4 is 69.0 Å². The Morgan fingerprint density at radius 2 is 1.73 bits per heavy atom. The van der Waals surface area contributed by atoms with Gasteiger partial charge in [0.05, 0.1) is 21.9 Å². The number of hydrogen-bond acceptors (Lipinski definition) is 5. The maximum atomic E-state index is 14.8. The molecule has 1 fully saturated rings. The van der Waals surface area contributed by atoms with E-state index in [-0.39, 0.29) is 28.1 Å². The van der Waals surface area contributed by atoms with Crippen molar-refractivity contribution in [1.82, 2.24) is 0 Å². The molecule has 1 saturated heterocycles. The lowest BCUT2D eigenvalue weighted by Crippen LogP contribution is -2.51. The molecular formula is C32H22Cl2N2O3S. The minimum Gasteiger partial charge on any atom is -0.352 e. The van der Waals surface area contributed by atoms with Crippen LogP contribution >= 0.6 is 34.5 Å². The summed E-state index contributed by atoms with van der Waals surface area (Å²) in [6.07, 6.45) is 2.04. The third-order valence-corrected chi connectivity index (χ3v) is 9.83. The minimum absolute atomic E-state index is 0.179. The Morgan fingerprint density at radius 1 is 0.950 bits per heavy atom. The van der Waals surface area contributed by atoms with Crippen molar-refractivity contribution in [2.45, 2.75) is 24.4 Å². The molecule has 3 aromatic carbocycles. The van der Waals surface area contributed by atoms with E-state index in [1.165, 1.54) is 17.4 Å². The molecule has 4 heterocycles. The van der Waals surface area contributed by atoms with Gasteiger partial charge in [-0.15, -0.1) is 11.3 Å². The second-order valence-electron chi connectivity index (χ2n) is 10.3. The van der Waals surface area contributed by atoms with Crippen molar-refractivity contribution in [3.05, 3.63) is 122 Å². The molecule has 4 atom stereocenters. The lowest BCUT2D eigenvalue weighted by atomic mass is 9.64. The highest BCUT2D eigenvalue weighted by atomic mass is 35.5. The summed E-state index contributed by atoms with van der Waals surface area (Å²) in [5, 5.41) is 5.46. The average molecular weight is 586 g/mol. The number of para-hydroxylation sites is 2. The fourth-order valence-electron chi connectivity index (χ4n) is 6.81.